The van der Waals surface area contributed by atoms with E-state index >= 15 is 0 Å². The van der Waals surface area contributed by atoms with E-state index in [2.05, 4.69) is 20.3 Å². The molecule has 2 aromatic heterocycles. The zero-order chi connectivity index (χ0) is 15.9. The summed E-state index contributed by atoms with van der Waals surface area (Å²) in [6, 6.07) is 15.1. The highest BCUT2D eigenvalue weighted by molar-refractivity contribution is 5.92. The molecule has 23 heavy (non-hydrogen) atoms. The predicted octanol–water partition coefficient (Wildman–Crippen LogP) is 2.51. The van der Waals surface area contributed by atoms with E-state index in [1.165, 1.54) is 0 Å². The van der Waals surface area contributed by atoms with Crippen LogP contribution in [0.4, 0.5) is 0 Å². The molecule has 1 aromatic carbocycles. The summed E-state index contributed by atoms with van der Waals surface area (Å²) < 4.78 is 0. The third kappa shape index (κ3) is 3.97. The molecule has 5 heteroatoms. The van der Waals surface area contributed by atoms with E-state index in [9.17, 15) is 4.79 Å². The van der Waals surface area contributed by atoms with E-state index in [0.717, 1.165) is 11.1 Å². The number of hydrogen-bond acceptors (Lipinski definition) is 4. The van der Waals surface area contributed by atoms with Crippen LogP contribution in [0.3, 0.4) is 0 Å². The number of nitrogens with zero attached hydrogens (tertiary/aromatic N) is 3. The van der Waals surface area contributed by atoms with Crippen LogP contribution in [0, 0.1) is 0 Å². The number of amides is 1. The molecule has 5 nitrogen and oxygen atoms in total. The number of aromatic nitrogens is 3. The maximum absolute atomic E-state index is 11.9. The minimum absolute atomic E-state index is 0.174. The molecule has 1 N–H and O–H groups in total. The van der Waals surface area contributed by atoms with Crippen molar-refractivity contribution in [1.29, 1.82) is 0 Å². The highest BCUT2D eigenvalue weighted by atomic mass is 16.1. The summed E-state index contributed by atoms with van der Waals surface area (Å²) in [4.78, 5) is 24.6. The Morgan fingerprint density at radius 2 is 1.65 bits per heavy atom. The minimum atomic E-state index is -0.174. The van der Waals surface area contributed by atoms with E-state index < -0.39 is 0 Å². The number of hydrogen-bond donors (Lipinski definition) is 1. The minimum Gasteiger partial charge on any atom is -0.350 e. The van der Waals surface area contributed by atoms with Crippen molar-refractivity contribution in [2.45, 2.75) is 6.42 Å². The van der Waals surface area contributed by atoms with Gasteiger partial charge in [0.1, 0.15) is 5.69 Å². The third-order valence-corrected chi connectivity index (χ3v) is 3.33. The van der Waals surface area contributed by atoms with Gasteiger partial charge in [-0.3, -0.25) is 9.78 Å². The molecule has 0 aliphatic carbocycles. The SMILES string of the molecule is O=C(NCCc1cnc(-c2ccccc2)nc1)c1ccccn1. The highest BCUT2D eigenvalue weighted by Crippen LogP contribution is 2.13. The highest BCUT2D eigenvalue weighted by Gasteiger charge is 2.05. The Balaban J connectivity index is 1.54. The molecular weight excluding hydrogens is 288 g/mol. The van der Waals surface area contributed by atoms with E-state index in [1.54, 1.807) is 36.8 Å². The average molecular weight is 304 g/mol. The maximum Gasteiger partial charge on any atom is 0.269 e. The Morgan fingerprint density at radius 1 is 0.913 bits per heavy atom. The van der Waals surface area contributed by atoms with Crippen LogP contribution in [-0.2, 0) is 6.42 Å². The topological polar surface area (TPSA) is 67.8 Å². The molecule has 0 aliphatic rings. The number of nitrogens with one attached hydrogen (secondary N) is 1. The molecule has 3 aromatic rings. The second-order valence-corrected chi connectivity index (χ2v) is 5.00. The normalized spacial score (nSPS) is 10.3. The van der Waals surface area contributed by atoms with Crippen LogP contribution in [0.25, 0.3) is 11.4 Å². The molecule has 0 radical (unpaired) electrons. The molecular formula is C18H16N4O. The lowest BCUT2D eigenvalue weighted by molar-refractivity contribution is 0.0949. The molecule has 0 bridgehead atoms. The van der Waals surface area contributed by atoms with Crippen LogP contribution < -0.4 is 5.32 Å². The van der Waals surface area contributed by atoms with Gasteiger partial charge in [0.2, 0.25) is 0 Å². The van der Waals surface area contributed by atoms with Gasteiger partial charge in [0.05, 0.1) is 0 Å². The predicted molar refractivity (Wildman–Crippen MR) is 87.7 cm³/mol. The summed E-state index contributed by atoms with van der Waals surface area (Å²) in [5.74, 6) is 0.527. The quantitative estimate of drug-likeness (QED) is 0.786. The number of carbonyl (C=O) groups is 1. The van der Waals surface area contributed by atoms with Gasteiger partial charge >= 0.3 is 0 Å². The van der Waals surface area contributed by atoms with Crippen molar-refractivity contribution in [3.05, 3.63) is 78.4 Å². The van der Waals surface area contributed by atoms with E-state index in [0.29, 0.717) is 24.5 Å². The van der Waals surface area contributed by atoms with Crippen LogP contribution in [0.15, 0.2) is 67.1 Å². The van der Waals surface area contributed by atoms with Gasteiger partial charge in [-0.15, -0.1) is 0 Å². The second kappa shape index (κ2) is 7.26. The number of benzene rings is 1. The molecule has 0 atom stereocenters. The Hall–Kier alpha value is -3.08. The fourth-order valence-electron chi connectivity index (χ4n) is 2.13. The molecule has 0 aliphatic heterocycles. The Kier molecular flexibility index (Phi) is 4.69. The fraction of sp³-hybridized carbons (Fsp3) is 0.111. The zero-order valence-corrected chi connectivity index (χ0v) is 12.5. The monoisotopic (exact) mass is 304 g/mol. The molecule has 1 amide bonds. The summed E-state index contributed by atoms with van der Waals surface area (Å²) in [6.45, 7) is 0.517. The zero-order valence-electron chi connectivity index (χ0n) is 12.5. The molecule has 0 saturated heterocycles. The first-order valence-electron chi connectivity index (χ1n) is 7.38. The smallest absolute Gasteiger partial charge is 0.269 e. The van der Waals surface area contributed by atoms with Gasteiger partial charge in [-0.25, -0.2) is 9.97 Å². The van der Waals surface area contributed by atoms with Crippen molar-refractivity contribution in [2.24, 2.45) is 0 Å². The fourth-order valence-corrected chi connectivity index (χ4v) is 2.13. The van der Waals surface area contributed by atoms with E-state index in [4.69, 9.17) is 0 Å². The van der Waals surface area contributed by atoms with Gasteiger partial charge in [-0.2, -0.15) is 0 Å². The molecule has 0 unspecified atom stereocenters. The van der Waals surface area contributed by atoms with Gasteiger partial charge in [0.25, 0.3) is 5.91 Å². The van der Waals surface area contributed by atoms with Crippen LogP contribution in [0.1, 0.15) is 16.1 Å². The molecule has 0 fully saturated rings. The van der Waals surface area contributed by atoms with Crippen LogP contribution >= 0.6 is 0 Å². The number of rotatable bonds is 5. The first kappa shape index (κ1) is 14.8. The Bertz CT molecular complexity index is 758. The van der Waals surface area contributed by atoms with Gasteiger partial charge in [-0.1, -0.05) is 36.4 Å². The standard InChI is InChI=1S/C18H16N4O/c23-18(16-8-4-5-10-19-16)20-11-9-14-12-21-17(22-13-14)15-6-2-1-3-7-15/h1-8,10,12-13H,9,11H2,(H,20,23). The van der Waals surface area contributed by atoms with Crippen LogP contribution in [-0.4, -0.2) is 27.4 Å². The van der Waals surface area contributed by atoms with Gasteiger partial charge in [0.15, 0.2) is 5.82 Å². The van der Waals surface area contributed by atoms with Crippen molar-refractivity contribution >= 4 is 5.91 Å². The van der Waals surface area contributed by atoms with Crippen molar-refractivity contribution in [2.75, 3.05) is 6.54 Å². The summed E-state index contributed by atoms with van der Waals surface area (Å²) in [5.41, 5.74) is 2.39. The van der Waals surface area contributed by atoms with Crippen molar-refractivity contribution < 1.29 is 4.79 Å². The van der Waals surface area contributed by atoms with E-state index in [-0.39, 0.29) is 5.91 Å². The molecule has 2 heterocycles. The average Bonchev–Trinajstić information content (AvgIpc) is 2.64. The molecule has 0 spiro atoms. The van der Waals surface area contributed by atoms with Gasteiger partial charge in [0, 0.05) is 30.7 Å². The van der Waals surface area contributed by atoms with Crippen molar-refractivity contribution in [3.8, 4) is 11.4 Å². The lowest BCUT2D eigenvalue weighted by Crippen LogP contribution is -2.26. The largest absolute Gasteiger partial charge is 0.350 e. The third-order valence-electron chi connectivity index (χ3n) is 3.33. The van der Waals surface area contributed by atoms with Crippen LogP contribution in [0.5, 0.6) is 0 Å². The summed E-state index contributed by atoms with van der Waals surface area (Å²) in [6.07, 6.45) is 5.86. The lowest BCUT2D eigenvalue weighted by atomic mass is 10.2. The first-order chi connectivity index (χ1) is 11.3. The van der Waals surface area contributed by atoms with Crippen molar-refractivity contribution in [3.63, 3.8) is 0 Å². The Labute approximate surface area is 134 Å². The number of pyridine rings is 1. The summed E-state index contributed by atoms with van der Waals surface area (Å²) in [7, 11) is 0. The summed E-state index contributed by atoms with van der Waals surface area (Å²) in [5, 5.41) is 2.84. The van der Waals surface area contributed by atoms with Gasteiger partial charge < -0.3 is 5.32 Å². The van der Waals surface area contributed by atoms with E-state index in [1.807, 2.05) is 30.3 Å². The first-order valence-corrected chi connectivity index (χ1v) is 7.38. The lowest BCUT2D eigenvalue weighted by Gasteiger charge is -2.05. The molecule has 3 rings (SSSR count). The Morgan fingerprint density at radius 3 is 2.35 bits per heavy atom. The number of carbonyl (C=O) groups excluding carboxylic acids is 1. The maximum atomic E-state index is 11.9. The second-order valence-electron chi connectivity index (χ2n) is 5.00. The molecule has 114 valence electrons. The molecule has 0 saturated carbocycles. The van der Waals surface area contributed by atoms with Crippen molar-refractivity contribution in [1.82, 2.24) is 20.3 Å². The summed E-state index contributed by atoms with van der Waals surface area (Å²) >= 11 is 0. The van der Waals surface area contributed by atoms with Gasteiger partial charge in [-0.05, 0) is 24.1 Å². The van der Waals surface area contributed by atoms with Crippen LogP contribution in [0.2, 0.25) is 0 Å².